The third-order valence-corrected chi connectivity index (χ3v) is 4.84. The minimum Gasteiger partial charge on any atom is -0.392 e. The average molecular weight is 305 g/mol. The lowest BCUT2D eigenvalue weighted by atomic mass is 10.1. The summed E-state index contributed by atoms with van der Waals surface area (Å²) < 4.78 is 27.6. The molecule has 0 radical (unpaired) electrons. The third kappa shape index (κ3) is 3.62. The second-order valence-electron chi connectivity index (χ2n) is 4.92. The molecule has 0 spiro atoms. The molecule has 0 fully saturated rings. The van der Waals surface area contributed by atoms with E-state index in [0.717, 1.165) is 12.0 Å². The van der Waals surface area contributed by atoms with Gasteiger partial charge in [0.2, 0.25) is 0 Å². The molecule has 2 aromatic carbocycles. The molecule has 0 amide bonds. The summed E-state index contributed by atoms with van der Waals surface area (Å²) in [4.78, 5) is 0.191. The molecule has 2 aromatic rings. The molecule has 0 aromatic heterocycles. The molecule has 21 heavy (non-hydrogen) atoms. The maximum absolute atomic E-state index is 12.5. The van der Waals surface area contributed by atoms with Gasteiger partial charge in [0.05, 0.1) is 11.5 Å². The van der Waals surface area contributed by atoms with Crippen LogP contribution in [0.15, 0.2) is 47.4 Å². The number of nitrogens with one attached hydrogen (secondary N) is 1. The molecule has 0 bridgehead atoms. The molecule has 0 aliphatic rings. The van der Waals surface area contributed by atoms with Crippen molar-refractivity contribution < 1.29 is 13.5 Å². The highest BCUT2D eigenvalue weighted by Crippen LogP contribution is 2.21. The van der Waals surface area contributed by atoms with Gasteiger partial charge in [-0.1, -0.05) is 31.2 Å². The normalized spacial score (nSPS) is 11.4. The molecule has 0 saturated heterocycles. The molecule has 2 rings (SSSR count). The van der Waals surface area contributed by atoms with Gasteiger partial charge in [0.15, 0.2) is 0 Å². The molecular weight excluding hydrogens is 286 g/mol. The van der Waals surface area contributed by atoms with Crippen molar-refractivity contribution in [3.63, 3.8) is 0 Å². The van der Waals surface area contributed by atoms with Crippen LogP contribution in [0, 0.1) is 6.92 Å². The summed E-state index contributed by atoms with van der Waals surface area (Å²) in [6.07, 6.45) is 0.842. The van der Waals surface area contributed by atoms with E-state index in [-0.39, 0.29) is 11.5 Å². The van der Waals surface area contributed by atoms with Crippen LogP contribution in [0.2, 0.25) is 0 Å². The van der Waals surface area contributed by atoms with E-state index >= 15 is 0 Å². The Labute approximate surface area is 125 Å². The standard InChI is InChI=1S/C16H19NO3S/c1-3-13-5-4-6-15(9-13)17-21(19,20)16-10-14(11-18)8-7-12(16)2/h4-10,17-18H,3,11H2,1-2H3. The highest BCUT2D eigenvalue weighted by molar-refractivity contribution is 7.92. The number of aliphatic hydroxyl groups excluding tert-OH is 1. The van der Waals surface area contributed by atoms with Crippen molar-refractivity contribution in [3.8, 4) is 0 Å². The van der Waals surface area contributed by atoms with E-state index in [1.807, 2.05) is 25.1 Å². The van der Waals surface area contributed by atoms with E-state index in [2.05, 4.69) is 4.72 Å². The van der Waals surface area contributed by atoms with Crippen molar-refractivity contribution in [2.45, 2.75) is 31.8 Å². The Balaban J connectivity index is 2.38. The first-order valence-corrected chi connectivity index (χ1v) is 8.26. The summed E-state index contributed by atoms with van der Waals surface area (Å²) in [5.74, 6) is 0. The fraction of sp³-hybridized carbons (Fsp3) is 0.250. The highest BCUT2D eigenvalue weighted by Gasteiger charge is 2.17. The number of anilines is 1. The first-order chi connectivity index (χ1) is 9.96. The van der Waals surface area contributed by atoms with Crippen LogP contribution in [0.4, 0.5) is 5.69 Å². The Bertz CT molecular complexity index is 739. The number of aryl methyl sites for hydroxylation is 2. The zero-order chi connectivity index (χ0) is 15.5. The van der Waals surface area contributed by atoms with Crippen molar-refractivity contribution >= 4 is 15.7 Å². The van der Waals surface area contributed by atoms with Crippen LogP contribution in [-0.4, -0.2) is 13.5 Å². The van der Waals surface area contributed by atoms with E-state index in [4.69, 9.17) is 5.11 Å². The second-order valence-corrected chi connectivity index (χ2v) is 6.57. The largest absolute Gasteiger partial charge is 0.392 e. The minimum atomic E-state index is -3.66. The van der Waals surface area contributed by atoms with Gasteiger partial charge in [-0.05, 0) is 48.2 Å². The molecule has 2 N–H and O–H groups in total. The molecule has 0 atom stereocenters. The lowest BCUT2D eigenvalue weighted by Crippen LogP contribution is -2.14. The Morgan fingerprint density at radius 3 is 2.52 bits per heavy atom. The van der Waals surface area contributed by atoms with Gasteiger partial charge in [-0.2, -0.15) is 0 Å². The Morgan fingerprint density at radius 1 is 1.10 bits per heavy atom. The molecule has 0 heterocycles. The first-order valence-electron chi connectivity index (χ1n) is 6.78. The monoisotopic (exact) mass is 305 g/mol. The van der Waals surface area contributed by atoms with E-state index < -0.39 is 10.0 Å². The fourth-order valence-corrected chi connectivity index (χ4v) is 3.44. The van der Waals surface area contributed by atoms with Gasteiger partial charge < -0.3 is 5.11 Å². The van der Waals surface area contributed by atoms with Crippen LogP contribution in [0.5, 0.6) is 0 Å². The predicted molar refractivity (Wildman–Crippen MR) is 83.7 cm³/mol. The summed E-state index contributed by atoms with van der Waals surface area (Å²) in [5.41, 5.74) is 2.83. The lowest BCUT2D eigenvalue weighted by molar-refractivity contribution is 0.281. The molecule has 5 heteroatoms. The molecule has 0 aliphatic heterocycles. The van der Waals surface area contributed by atoms with E-state index in [1.165, 1.54) is 6.07 Å². The summed E-state index contributed by atoms with van der Waals surface area (Å²) in [5, 5.41) is 9.16. The summed E-state index contributed by atoms with van der Waals surface area (Å²) in [6, 6.07) is 12.2. The summed E-state index contributed by atoms with van der Waals surface area (Å²) in [7, 11) is -3.66. The smallest absolute Gasteiger partial charge is 0.262 e. The lowest BCUT2D eigenvalue weighted by Gasteiger charge is -2.12. The second kappa shape index (κ2) is 6.28. The van der Waals surface area contributed by atoms with Gasteiger partial charge in [0.25, 0.3) is 10.0 Å². The van der Waals surface area contributed by atoms with Gasteiger partial charge in [0, 0.05) is 5.69 Å². The maximum Gasteiger partial charge on any atom is 0.262 e. The fourth-order valence-electron chi connectivity index (χ4n) is 2.10. The van der Waals surface area contributed by atoms with Gasteiger partial charge in [-0.15, -0.1) is 0 Å². The van der Waals surface area contributed by atoms with Crippen molar-refractivity contribution in [2.75, 3.05) is 4.72 Å². The number of hydrogen-bond donors (Lipinski definition) is 2. The van der Waals surface area contributed by atoms with Gasteiger partial charge in [0.1, 0.15) is 0 Å². The Kier molecular flexibility index (Phi) is 4.65. The number of rotatable bonds is 5. The van der Waals surface area contributed by atoms with Gasteiger partial charge in [-0.25, -0.2) is 8.42 Å². The number of hydrogen-bond acceptors (Lipinski definition) is 3. The van der Waals surface area contributed by atoms with Crippen molar-refractivity contribution in [2.24, 2.45) is 0 Å². The number of sulfonamides is 1. The van der Waals surface area contributed by atoms with E-state index in [0.29, 0.717) is 16.8 Å². The van der Waals surface area contributed by atoms with Crippen LogP contribution in [0.1, 0.15) is 23.6 Å². The highest BCUT2D eigenvalue weighted by atomic mass is 32.2. The van der Waals surface area contributed by atoms with Crippen LogP contribution in [0.25, 0.3) is 0 Å². The molecule has 0 unspecified atom stereocenters. The maximum atomic E-state index is 12.5. The van der Waals surface area contributed by atoms with Crippen molar-refractivity contribution in [1.82, 2.24) is 0 Å². The van der Waals surface area contributed by atoms with Gasteiger partial charge in [-0.3, -0.25) is 4.72 Å². The molecule has 0 aliphatic carbocycles. The summed E-state index contributed by atoms with van der Waals surface area (Å²) in [6.45, 7) is 3.56. The molecule has 0 saturated carbocycles. The Morgan fingerprint density at radius 2 is 1.86 bits per heavy atom. The van der Waals surface area contributed by atoms with Crippen LogP contribution in [0.3, 0.4) is 0 Å². The topological polar surface area (TPSA) is 66.4 Å². The average Bonchev–Trinajstić information content (AvgIpc) is 2.47. The van der Waals surface area contributed by atoms with E-state index in [9.17, 15) is 8.42 Å². The molecule has 112 valence electrons. The van der Waals surface area contributed by atoms with Crippen LogP contribution in [-0.2, 0) is 23.1 Å². The van der Waals surface area contributed by atoms with Crippen LogP contribution >= 0.6 is 0 Å². The summed E-state index contributed by atoms with van der Waals surface area (Å²) >= 11 is 0. The Hall–Kier alpha value is -1.85. The quantitative estimate of drug-likeness (QED) is 0.892. The minimum absolute atomic E-state index is 0.186. The molecule has 4 nitrogen and oxygen atoms in total. The number of aliphatic hydroxyl groups is 1. The van der Waals surface area contributed by atoms with Crippen LogP contribution < -0.4 is 4.72 Å². The first kappa shape index (κ1) is 15.5. The predicted octanol–water partition coefficient (Wildman–Crippen LogP) is 2.85. The SMILES string of the molecule is CCc1cccc(NS(=O)(=O)c2cc(CO)ccc2C)c1. The zero-order valence-electron chi connectivity index (χ0n) is 12.1. The van der Waals surface area contributed by atoms with Gasteiger partial charge >= 0.3 is 0 Å². The zero-order valence-corrected chi connectivity index (χ0v) is 12.9. The number of benzene rings is 2. The van der Waals surface area contributed by atoms with Crippen molar-refractivity contribution in [3.05, 3.63) is 59.2 Å². The van der Waals surface area contributed by atoms with Crippen molar-refractivity contribution in [1.29, 1.82) is 0 Å². The molecular formula is C16H19NO3S. The van der Waals surface area contributed by atoms with E-state index in [1.54, 1.807) is 25.1 Å². The third-order valence-electron chi connectivity index (χ3n) is 3.31.